The SMILES string of the molecule is CNc1ccc(C(=O)Nc2cccc(F)c2C)nc1. The first kappa shape index (κ1) is 13.0. The van der Waals surface area contributed by atoms with E-state index in [1.54, 1.807) is 44.4 Å². The Hall–Kier alpha value is -2.43. The van der Waals surface area contributed by atoms with E-state index in [0.29, 0.717) is 11.3 Å². The van der Waals surface area contributed by atoms with E-state index in [0.717, 1.165) is 5.69 Å². The zero-order chi connectivity index (χ0) is 13.8. The first-order valence-electron chi connectivity index (χ1n) is 5.82. The van der Waals surface area contributed by atoms with E-state index >= 15 is 0 Å². The largest absolute Gasteiger partial charge is 0.387 e. The lowest BCUT2D eigenvalue weighted by Gasteiger charge is -2.08. The molecule has 0 radical (unpaired) electrons. The highest BCUT2D eigenvalue weighted by molar-refractivity contribution is 6.03. The third-order valence-electron chi connectivity index (χ3n) is 2.80. The van der Waals surface area contributed by atoms with Crippen LogP contribution in [0.25, 0.3) is 0 Å². The molecule has 0 saturated heterocycles. The zero-order valence-electron chi connectivity index (χ0n) is 10.7. The van der Waals surface area contributed by atoms with Gasteiger partial charge in [-0.05, 0) is 31.2 Å². The number of nitrogens with one attached hydrogen (secondary N) is 2. The molecule has 1 aromatic carbocycles. The average Bonchev–Trinajstić information content (AvgIpc) is 2.44. The van der Waals surface area contributed by atoms with Crippen molar-refractivity contribution in [2.75, 3.05) is 17.7 Å². The lowest BCUT2D eigenvalue weighted by molar-refractivity contribution is 0.102. The monoisotopic (exact) mass is 259 g/mol. The van der Waals surface area contributed by atoms with Gasteiger partial charge in [0.05, 0.1) is 11.9 Å². The third-order valence-corrected chi connectivity index (χ3v) is 2.80. The summed E-state index contributed by atoms with van der Waals surface area (Å²) >= 11 is 0. The number of rotatable bonds is 3. The van der Waals surface area contributed by atoms with Gasteiger partial charge in [-0.2, -0.15) is 0 Å². The number of aromatic nitrogens is 1. The average molecular weight is 259 g/mol. The number of anilines is 2. The van der Waals surface area contributed by atoms with Crippen molar-refractivity contribution < 1.29 is 9.18 Å². The van der Waals surface area contributed by atoms with Gasteiger partial charge in [-0.1, -0.05) is 6.07 Å². The van der Waals surface area contributed by atoms with Crippen LogP contribution in [0.3, 0.4) is 0 Å². The van der Waals surface area contributed by atoms with Crippen molar-refractivity contribution in [2.24, 2.45) is 0 Å². The van der Waals surface area contributed by atoms with Crippen LogP contribution in [-0.4, -0.2) is 17.9 Å². The highest BCUT2D eigenvalue weighted by Gasteiger charge is 2.10. The summed E-state index contributed by atoms with van der Waals surface area (Å²) < 4.78 is 13.4. The Balaban J connectivity index is 2.18. The van der Waals surface area contributed by atoms with Gasteiger partial charge in [-0.15, -0.1) is 0 Å². The Morgan fingerprint density at radius 2 is 2.05 bits per heavy atom. The fourth-order valence-electron chi connectivity index (χ4n) is 1.61. The molecule has 0 unspecified atom stereocenters. The Labute approximate surface area is 110 Å². The molecule has 0 aliphatic rings. The van der Waals surface area contributed by atoms with Crippen LogP contribution in [-0.2, 0) is 0 Å². The molecule has 1 amide bonds. The maximum absolute atomic E-state index is 13.4. The van der Waals surface area contributed by atoms with Crippen LogP contribution in [0.15, 0.2) is 36.5 Å². The van der Waals surface area contributed by atoms with Crippen LogP contribution in [0.2, 0.25) is 0 Å². The minimum Gasteiger partial charge on any atom is -0.387 e. The van der Waals surface area contributed by atoms with Gasteiger partial charge in [0, 0.05) is 18.3 Å². The lowest BCUT2D eigenvalue weighted by atomic mass is 10.2. The minimum absolute atomic E-state index is 0.280. The minimum atomic E-state index is -0.364. The van der Waals surface area contributed by atoms with Gasteiger partial charge in [-0.25, -0.2) is 9.37 Å². The summed E-state index contributed by atoms with van der Waals surface area (Å²) in [4.78, 5) is 16.0. The smallest absolute Gasteiger partial charge is 0.274 e. The first-order valence-corrected chi connectivity index (χ1v) is 5.82. The van der Waals surface area contributed by atoms with E-state index < -0.39 is 0 Å². The second-order valence-corrected chi connectivity index (χ2v) is 4.05. The van der Waals surface area contributed by atoms with E-state index in [4.69, 9.17) is 0 Å². The molecule has 0 saturated carbocycles. The number of pyridine rings is 1. The van der Waals surface area contributed by atoms with Gasteiger partial charge in [-0.3, -0.25) is 4.79 Å². The molecule has 2 rings (SSSR count). The van der Waals surface area contributed by atoms with E-state index in [1.807, 2.05) is 0 Å². The van der Waals surface area contributed by atoms with Crippen molar-refractivity contribution in [2.45, 2.75) is 6.92 Å². The third kappa shape index (κ3) is 2.88. The van der Waals surface area contributed by atoms with Gasteiger partial charge >= 0.3 is 0 Å². The van der Waals surface area contributed by atoms with Crippen molar-refractivity contribution in [3.05, 3.63) is 53.6 Å². The summed E-state index contributed by atoms with van der Waals surface area (Å²) in [5, 5.41) is 5.56. The van der Waals surface area contributed by atoms with Crippen LogP contribution in [0.4, 0.5) is 15.8 Å². The summed E-state index contributed by atoms with van der Waals surface area (Å²) in [5.74, 6) is -0.715. The van der Waals surface area contributed by atoms with Crippen molar-refractivity contribution >= 4 is 17.3 Å². The number of nitrogens with zero attached hydrogens (tertiary/aromatic N) is 1. The summed E-state index contributed by atoms with van der Waals surface area (Å²) in [7, 11) is 1.77. The van der Waals surface area contributed by atoms with Crippen LogP contribution in [0.5, 0.6) is 0 Å². The molecule has 1 aromatic heterocycles. The quantitative estimate of drug-likeness (QED) is 0.891. The first-order chi connectivity index (χ1) is 9.11. The van der Waals surface area contributed by atoms with Crippen LogP contribution < -0.4 is 10.6 Å². The molecule has 1 heterocycles. The Bertz CT molecular complexity index is 596. The Morgan fingerprint density at radius 3 is 2.68 bits per heavy atom. The van der Waals surface area contributed by atoms with Gasteiger partial charge < -0.3 is 10.6 Å². The molecule has 2 N–H and O–H groups in total. The number of amides is 1. The molecular weight excluding hydrogens is 245 g/mol. The lowest BCUT2D eigenvalue weighted by Crippen LogP contribution is -2.14. The molecule has 4 nitrogen and oxygen atoms in total. The summed E-state index contributed by atoms with van der Waals surface area (Å²) in [6.07, 6.45) is 1.56. The Morgan fingerprint density at radius 1 is 1.26 bits per heavy atom. The Kier molecular flexibility index (Phi) is 3.75. The molecule has 5 heteroatoms. The second-order valence-electron chi connectivity index (χ2n) is 4.05. The number of halogens is 1. The van der Waals surface area contributed by atoms with Crippen molar-refractivity contribution in [3.63, 3.8) is 0 Å². The van der Waals surface area contributed by atoms with Crippen molar-refractivity contribution in [1.29, 1.82) is 0 Å². The molecule has 0 bridgehead atoms. The predicted molar refractivity (Wildman–Crippen MR) is 72.9 cm³/mol. The molecule has 0 atom stereocenters. The molecule has 19 heavy (non-hydrogen) atoms. The van der Waals surface area contributed by atoms with Crippen molar-refractivity contribution in [1.82, 2.24) is 4.98 Å². The number of carbonyl (C=O) groups excluding carboxylic acids is 1. The highest BCUT2D eigenvalue weighted by atomic mass is 19.1. The number of carbonyl (C=O) groups is 1. The molecular formula is C14H14FN3O. The fraction of sp³-hybridized carbons (Fsp3) is 0.143. The van der Waals surface area contributed by atoms with Crippen molar-refractivity contribution in [3.8, 4) is 0 Å². The van der Waals surface area contributed by atoms with Crippen LogP contribution in [0, 0.1) is 12.7 Å². The molecule has 2 aromatic rings. The number of hydrogen-bond donors (Lipinski definition) is 2. The maximum atomic E-state index is 13.4. The van der Waals surface area contributed by atoms with Gasteiger partial charge in [0.2, 0.25) is 0 Å². The van der Waals surface area contributed by atoms with Gasteiger partial charge in [0.25, 0.3) is 5.91 Å². The summed E-state index contributed by atoms with van der Waals surface area (Å²) in [6, 6.07) is 7.91. The second kappa shape index (κ2) is 5.48. The van der Waals surface area contributed by atoms with E-state index in [1.165, 1.54) is 6.07 Å². The molecule has 0 spiro atoms. The van der Waals surface area contributed by atoms with Gasteiger partial charge in [0.15, 0.2) is 0 Å². The number of benzene rings is 1. The molecule has 0 fully saturated rings. The van der Waals surface area contributed by atoms with E-state index in [9.17, 15) is 9.18 Å². The van der Waals surface area contributed by atoms with E-state index in [2.05, 4.69) is 15.6 Å². The van der Waals surface area contributed by atoms with Gasteiger partial charge in [0.1, 0.15) is 11.5 Å². The van der Waals surface area contributed by atoms with Crippen LogP contribution in [0.1, 0.15) is 16.1 Å². The van der Waals surface area contributed by atoms with E-state index in [-0.39, 0.29) is 17.4 Å². The fourth-order valence-corrected chi connectivity index (χ4v) is 1.61. The predicted octanol–water partition coefficient (Wildman–Crippen LogP) is 2.82. The highest BCUT2D eigenvalue weighted by Crippen LogP contribution is 2.18. The summed E-state index contributed by atoms with van der Waals surface area (Å²) in [6.45, 7) is 1.61. The number of hydrogen-bond acceptors (Lipinski definition) is 3. The molecule has 0 aliphatic heterocycles. The molecule has 0 aliphatic carbocycles. The van der Waals surface area contributed by atoms with Crippen LogP contribution >= 0.6 is 0 Å². The summed E-state index contributed by atoms with van der Waals surface area (Å²) in [5.41, 5.74) is 1.95. The zero-order valence-corrected chi connectivity index (χ0v) is 10.7. The normalized spacial score (nSPS) is 10.1. The topological polar surface area (TPSA) is 54.0 Å². The standard InChI is InChI=1S/C14H14FN3O/c1-9-11(15)4-3-5-12(9)18-14(19)13-7-6-10(16-2)8-17-13/h3-8,16H,1-2H3,(H,18,19). The maximum Gasteiger partial charge on any atom is 0.274 e. The molecule has 98 valence electrons.